The Balaban J connectivity index is 1.53. The summed E-state index contributed by atoms with van der Waals surface area (Å²) >= 11 is 0. The van der Waals surface area contributed by atoms with Crippen LogP contribution in [-0.2, 0) is 4.79 Å². The Bertz CT molecular complexity index is 697. The molecular weight excluding hydrogens is 302 g/mol. The van der Waals surface area contributed by atoms with Gasteiger partial charge in [-0.3, -0.25) is 4.79 Å². The largest absolute Gasteiger partial charge is 0.462 e. The number of likely N-dealkylation sites (tertiary alicyclic amines) is 1. The fourth-order valence-corrected chi connectivity index (χ4v) is 3.16. The highest BCUT2D eigenvalue weighted by atomic mass is 16.3. The molecule has 1 fully saturated rings. The van der Waals surface area contributed by atoms with E-state index >= 15 is 0 Å². The summed E-state index contributed by atoms with van der Waals surface area (Å²) in [5.74, 6) is 1.72. The Hall–Kier alpha value is -2.33. The predicted octanol–water partition coefficient (Wildman–Crippen LogP) is 3.57. The molecule has 0 saturated carbocycles. The zero-order valence-electron chi connectivity index (χ0n) is 13.9. The van der Waals surface area contributed by atoms with Crippen molar-refractivity contribution >= 4 is 12.0 Å². The molecule has 2 aromatic rings. The average molecular weight is 325 g/mol. The van der Waals surface area contributed by atoms with Crippen molar-refractivity contribution in [3.05, 3.63) is 65.6 Å². The van der Waals surface area contributed by atoms with Crippen molar-refractivity contribution in [1.29, 1.82) is 0 Å². The van der Waals surface area contributed by atoms with E-state index in [0.717, 1.165) is 24.2 Å². The molecule has 1 aromatic heterocycles. The van der Waals surface area contributed by atoms with E-state index in [1.54, 1.807) is 12.2 Å². The Morgan fingerprint density at radius 1 is 1.21 bits per heavy atom. The lowest BCUT2D eigenvalue weighted by atomic mass is 9.87. The van der Waals surface area contributed by atoms with Crippen molar-refractivity contribution in [3.8, 4) is 0 Å². The van der Waals surface area contributed by atoms with Crippen molar-refractivity contribution in [2.45, 2.75) is 25.9 Å². The molecule has 2 heterocycles. The summed E-state index contributed by atoms with van der Waals surface area (Å²) in [6.45, 7) is 3.23. The summed E-state index contributed by atoms with van der Waals surface area (Å²) in [4.78, 5) is 14.1. The number of benzene rings is 1. The number of carbonyl (C=O) groups is 1. The van der Waals surface area contributed by atoms with Crippen LogP contribution in [0.1, 0.15) is 36.0 Å². The summed E-state index contributed by atoms with van der Waals surface area (Å²) in [6, 6.07) is 13.5. The number of aryl methyl sites for hydroxylation is 1. The van der Waals surface area contributed by atoms with Gasteiger partial charge >= 0.3 is 0 Å². The maximum absolute atomic E-state index is 12.3. The molecule has 24 heavy (non-hydrogen) atoms. The van der Waals surface area contributed by atoms with E-state index in [1.807, 2.05) is 54.3 Å². The normalized spacial score (nSPS) is 17.3. The lowest BCUT2D eigenvalue weighted by molar-refractivity contribution is -0.127. The molecule has 4 heteroatoms. The lowest BCUT2D eigenvalue weighted by Gasteiger charge is -2.33. The fourth-order valence-electron chi connectivity index (χ4n) is 3.16. The van der Waals surface area contributed by atoms with E-state index in [1.165, 1.54) is 0 Å². The molecule has 1 aliphatic rings. The average Bonchev–Trinajstić information content (AvgIpc) is 3.05. The van der Waals surface area contributed by atoms with Crippen LogP contribution in [0.5, 0.6) is 0 Å². The molecule has 3 rings (SSSR count). The number of piperidine rings is 1. The number of rotatable bonds is 4. The highest BCUT2D eigenvalue weighted by Crippen LogP contribution is 2.30. The first-order valence-electron chi connectivity index (χ1n) is 8.40. The number of aliphatic hydroxyl groups is 1. The molecule has 0 radical (unpaired) electrons. The summed E-state index contributed by atoms with van der Waals surface area (Å²) in [7, 11) is 0. The summed E-state index contributed by atoms with van der Waals surface area (Å²) in [6.07, 6.45) is 4.45. The van der Waals surface area contributed by atoms with Crippen molar-refractivity contribution < 1.29 is 14.3 Å². The minimum atomic E-state index is -0.454. The second-order valence-corrected chi connectivity index (χ2v) is 6.30. The molecule has 1 atom stereocenters. The second kappa shape index (κ2) is 7.49. The number of aliphatic hydroxyl groups excluding tert-OH is 1. The number of hydrogen-bond donors (Lipinski definition) is 1. The first-order chi connectivity index (χ1) is 11.6. The van der Waals surface area contributed by atoms with Crippen LogP contribution in [0, 0.1) is 12.8 Å². The van der Waals surface area contributed by atoms with Gasteiger partial charge in [0.2, 0.25) is 5.91 Å². The molecule has 126 valence electrons. The van der Waals surface area contributed by atoms with E-state index < -0.39 is 6.10 Å². The first-order valence-corrected chi connectivity index (χ1v) is 8.40. The number of carbonyl (C=O) groups excluding carboxylic acids is 1. The van der Waals surface area contributed by atoms with Crippen molar-refractivity contribution in [3.63, 3.8) is 0 Å². The smallest absolute Gasteiger partial charge is 0.246 e. The van der Waals surface area contributed by atoms with Gasteiger partial charge in [0, 0.05) is 19.2 Å². The van der Waals surface area contributed by atoms with Gasteiger partial charge in [-0.05, 0) is 49.5 Å². The van der Waals surface area contributed by atoms with E-state index in [2.05, 4.69) is 0 Å². The zero-order chi connectivity index (χ0) is 16.9. The van der Waals surface area contributed by atoms with Gasteiger partial charge in [-0.2, -0.15) is 0 Å². The van der Waals surface area contributed by atoms with Crippen LogP contribution in [0.15, 0.2) is 53.0 Å². The summed E-state index contributed by atoms with van der Waals surface area (Å²) in [5.41, 5.74) is 0.954. The Morgan fingerprint density at radius 2 is 1.92 bits per heavy atom. The van der Waals surface area contributed by atoms with Gasteiger partial charge in [-0.15, -0.1) is 0 Å². The van der Waals surface area contributed by atoms with E-state index in [9.17, 15) is 9.90 Å². The van der Waals surface area contributed by atoms with Gasteiger partial charge in [0.1, 0.15) is 11.5 Å². The van der Waals surface area contributed by atoms with Crippen LogP contribution in [0.4, 0.5) is 0 Å². The summed E-state index contributed by atoms with van der Waals surface area (Å²) < 4.78 is 5.43. The van der Waals surface area contributed by atoms with Crippen LogP contribution in [0.25, 0.3) is 6.08 Å². The molecule has 4 nitrogen and oxygen atoms in total. The molecule has 0 spiro atoms. The monoisotopic (exact) mass is 325 g/mol. The van der Waals surface area contributed by atoms with Crippen LogP contribution >= 0.6 is 0 Å². The molecule has 1 aromatic carbocycles. The Labute approximate surface area is 142 Å². The lowest BCUT2D eigenvalue weighted by Crippen LogP contribution is -2.38. The fraction of sp³-hybridized carbons (Fsp3) is 0.350. The minimum Gasteiger partial charge on any atom is -0.462 e. The topological polar surface area (TPSA) is 53.7 Å². The Morgan fingerprint density at radius 3 is 2.54 bits per heavy atom. The number of furan rings is 1. The molecule has 0 aliphatic carbocycles. The van der Waals surface area contributed by atoms with Gasteiger partial charge in [-0.1, -0.05) is 30.3 Å². The number of amides is 1. The molecule has 1 N–H and O–H groups in total. The van der Waals surface area contributed by atoms with Crippen LogP contribution in [0.2, 0.25) is 0 Å². The SMILES string of the molecule is Cc1ccc(/C=C/C(=O)N2CCC(C(O)c3ccccc3)CC2)o1. The second-order valence-electron chi connectivity index (χ2n) is 6.30. The van der Waals surface area contributed by atoms with Crippen LogP contribution < -0.4 is 0 Å². The molecule has 1 amide bonds. The third-order valence-corrected chi connectivity index (χ3v) is 4.59. The van der Waals surface area contributed by atoms with Crippen LogP contribution in [-0.4, -0.2) is 29.0 Å². The molecule has 1 unspecified atom stereocenters. The first kappa shape index (κ1) is 16.5. The third kappa shape index (κ3) is 3.95. The van der Waals surface area contributed by atoms with Gasteiger partial charge in [0.25, 0.3) is 0 Å². The maximum Gasteiger partial charge on any atom is 0.246 e. The van der Waals surface area contributed by atoms with Crippen molar-refractivity contribution in [2.24, 2.45) is 5.92 Å². The summed E-state index contributed by atoms with van der Waals surface area (Å²) in [5, 5.41) is 10.5. The highest BCUT2D eigenvalue weighted by Gasteiger charge is 2.27. The van der Waals surface area contributed by atoms with Gasteiger partial charge < -0.3 is 14.4 Å². The third-order valence-electron chi connectivity index (χ3n) is 4.59. The number of nitrogens with zero attached hydrogens (tertiary/aromatic N) is 1. The van der Waals surface area contributed by atoms with E-state index in [-0.39, 0.29) is 11.8 Å². The molecular formula is C20H23NO3. The molecule has 0 bridgehead atoms. The van der Waals surface area contributed by atoms with Gasteiger partial charge in [0.05, 0.1) is 6.10 Å². The van der Waals surface area contributed by atoms with Gasteiger partial charge in [-0.25, -0.2) is 0 Å². The number of hydrogen-bond acceptors (Lipinski definition) is 3. The predicted molar refractivity (Wildman–Crippen MR) is 93.2 cm³/mol. The minimum absolute atomic E-state index is 0.00305. The molecule has 1 aliphatic heterocycles. The van der Waals surface area contributed by atoms with Crippen molar-refractivity contribution in [2.75, 3.05) is 13.1 Å². The highest BCUT2D eigenvalue weighted by molar-refractivity contribution is 5.91. The molecule has 1 saturated heterocycles. The zero-order valence-corrected chi connectivity index (χ0v) is 13.9. The van der Waals surface area contributed by atoms with E-state index in [0.29, 0.717) is 18.8 Å². The quantitative estimate of drug-likeness (QED) is 0.874. The van der Waals surface area contributed by atoms with E-state index in [4.69, 9.17) is 4.42 Å². The Kier molecular flexibility index (Phi) is 5.16. The standard InChI is InChI=1S/C20H23NO3/c1-15-7-8-18(24-15)9-10-19(22)21-13-11-17(12-14-21)20(23)16-5-3-2-4-6-16/h2-10,17,20,23H,11-14H2,1H3/b10-9+. The maximum atomic E-state index is 12.3. The van der Waals surface area contributed by atoms with Crippen LogP contribution in [0.3, 0.4) is 0 Å². The van der Waals surface area contributed by atoms with Gasteiger partial charge in [0.15, 0.2) is 0 Å². The van der Waals surface area contributed by atoms with Crippen molar-refractivity contribution in [1.82, 2.24) is 4.90 Å².